The first-order chi connectivity index (χ1) is 14.1. The number of amides is 1. The lowest BCUT2D eigenvalue weighted by Gasteiger charge is -2.23. The molecule has 1 N–H and O–H groups in total. The van der Waals surface area contributed by atoms with Gasteiger partial charge in [-0.1, -0.05) is 23.5 Å². The largest absolute Gasteiger partial charge is 0.497 e. The summed E-state index contributed by atoms with van der Waals surface area (Å²) in [7, 11) is 3.22. The van der Waals surface area contributed by atoms with E-state index in [1.54, 1.807) is 25.2 Å². The van der Waals surface area contributed by atoms with Crippen LogP contribution in [0.2, 0.25) is 0 Å². The molecule has 6 nitrogen and oxygen atoms in total. The van der Waals surface area contributed by atoms with Crippen LogP contribution in [0.1, 0.15) is 24.2 Å². The zero-order chi connectivity index (χ0) is 20.8. The number of hydrogen-bond acceptors (Lipinski definition) is 5. The van der Waals surface area contributed by atoms with E-state index in [0.29, 0.717) is 23.0 Å². The van der Waals surface area contributed by atoms with Crippen molar-refractivity contribution in [3.8, 4) is 11.5 Å². The van der Waals surface area contributed by atoms with Crippen LogP contribution in [0.4, 0.5) is 5.13 Å². The molecule has 29 heavy (non-hydrogen) atoms. The number of likely N-dealkylation sites (N-methyl/N-ethyl adjacent to an activating group) is 1. The van der Waals surface area contributed by atoms with E-state index in [1.165, 1.54) is 16.2 Å². The van der Waals surface area contributed by atoms with Crippen LogP contribution in [0.5, 0.6) is 11.5 Å². The second-order valence-corrected chi connectivity index (χ2v) is 7.70. The van der Waals surface area contributed by atoms with Crippen molar-refractivity contribution in [2.24, 2.45) is 0 Å². The Morgan fingerprint density at radius 1 is 1.10 bits per heavy atom. The Labute approximate surface area is 175 Å². The molecule has 0 aliphatic rings. The van der Waals surface area contributed by atoms with Crippen LogP contribution in [0.15, 0.2) is 42.5 Å². The van der Waals surface area contributed by atoms with Gasteiger partial charge in [0.2, 0.25) is 0 Å². The standard InChI is InChI=1S/C22H27N3O3S/c1-5-24(6-2)13-14-25(21(26)17-9-7-8-10-19(17)28-4)22-23-18-15-16(27-3)11-12-20(18)29-22/h7-12,15H,5-6,13-14H2,1-4H3/p+1. The van der Waals surface area contributed by atoms with Crippen molar-refractivity contribution in [2.75, 3.05) is 45.3 Å². The normalized spacial score (nSPS) is 11.1. The van der Waals surface area contributed by atoms with Crippen LogP contribution < -0.4 is 19.3 Å². The van der Waals surface area contributed by atoms with Gasteiger partial charge in [0, 0.05) is 6.07 Å². The van der Waals surface area contributed by atoms with Gasteiger partial charge in [0.25, 0.3) is 5.91 Å². The number of carbonyl (C=O) groups excluding carboxylic acids is 1. The monoisotopic (exact) mass is 414 g/mol. The van der Waals surface area contributed by atoms with Crippen molar-refractivity contribution in [1.29, 1.82) is 0 Å². The van der Waals surface area contributed by atoms with Gasteiger partial charge >= 0.3 is 0 Å². The average molecular weight is 415 g/mol. The summed E-state index contributed by atoms with van der Waals surface area (Å²) in [5, 5.41) is 0.690. The minimum Gasteiger partial charge on any atom is -0.497 e. The highest BCUT2D eigenvalue weighted by Gasteiger charge is 2.25. The first kappa shape index (κ1) is 21.1. The summed E-state index contributed by atoms with van der Waals surface area (Å²) in [5.41, 5.74) is 1.37. The van der Waals surface area contributed by atoms with Gasteiger partial charge in [-0.15, -0.1) is 0 Å². The third-order valence-corrected chi connectivity index (χ3v) is 6.15. The third kappa shape index (κ3) is 4.68. The molecule has 1 heterocycles. The number of para-hydroxylation sites is 1. The van der Waals surface area contributed by atoms with Crippen LogP contribution in [0.3, 0.4) is 0 Å². The van der Waals surface area contributed by atoms with Gasteiger partial charge in [0.1, 0.15) is 11.5 Å². The predicted molar refractivity (Wildman–Crippen MR) is 118 cm³/mol. The first-order valence-electron chi connectivity index (χ1n) is 9.84. The molecule has 0 saturated heterocycles. The van der Waals surface area contributed by atoms with E-state index >= 15 is 0 Å². The minimum absolute atomic E-state index is 0.0972. The molecule has 0 bridgehead atoms. The Balaban J connectivity index is 1.99. The molecule has 1 aromatic heterocycles. The average Bonchev–Trinajstić information content (AvgIpc) is 3.19. The molecule has 0 fully saturated rings. The van der Waals surface area contributed by atoms with E-state index in [1.807, 2.05) is 36.4 Å². The lowest BCUT2D eigenvalue weighted by Crippen LogP contribution is -3.12. The molecular formula is C22H28N3O3S+. The number of aromatic nitrogens is 1. The molecule has 2 aromatic carbocycles. The van der Waals surface area contributed by atoms with Crippen molar-refractivity contribution in [1.82, 2.24) is 4.98 Å². The quantitative estimate of drug-likeness (QED) is 0.585. The lowest BCUT2D eigenvalue weighted by atomic mass is 10.1. The molecule has 3 aromatic rings. The fourth-order valence-corrected chi connectivity index (χ4v) is 4.23. The summed E-state index contributed by atoms with van der Waals surface area (Å²) in [5.74, 6) is 1.23. The number of nitrogens with zero attached hydrogens (tertiary/aromatic N) is 2. The second-order valence-electron chi connectivity index (χ2n) is 6.69. The summed E-state index contributed by atoms with van der Waals surface area (Å²) in [6, 6.07) is 13.1. The van der Waals surface area contributed by atoms with Crippen molar-refractivity contribution in [3.63, 3.8) is 0 Å². The molecule has 3 rings (SSSR count). The van der Waals surface area contributed by atoms with Gasteiger partial charge in [-0.05, 0) is 38.1 Å². The summed E-state index contributed by atoms with van der Waals surface area (Å²) < 4.78 is 11.8. The van der Waals surface area contributed by atoms with Crippen LogP contribution in [0.25, 0.3) is 10.2 Å². The molecule has 7 heteroatoms. The van der Waals surface area contributed by atoms with Gasteiger partial charge in [0.05, 0.1) is 56.2 Å². The van der Waals surface area contributed by atoms with Gasteiger partial charge < -0.3 is 14.4 Å². The highest BCUT2D eigenvalue weighted by molar-refractivity contribution is 7.22. The smallest absolute Gasteiger partial charge is 0.264 e. The molecule has 0 saturated carbocycles. The Kier molecular flexibility index (Phi) is 7.06. The van der Waals surface area contributed by atoms with Crippen molar-refractivity contribution < 1.29 is 19.2 Å². The van der Waals surface area contributed by atoms with E-state index in [0.717, 1.165) is 35.6 Å². The van der Waals surface area contributed by atoms with Crippen LogP contribution in [0, 0.1) is 0 Å². The van der Waals surface area contributed by atoms with Crippen molar-refractivity contribution >= 4 is 32.6 Å². The number of anilines is 1. The Morgan fingerprint density at radius 2 is 1.86 bits per heavy atom. The maximum atomic E-state index is 13.5. The number of quaternary nitrogens is 1. The number of carbonyl (C=O) groups is 1. The molecule has 0 atom stereocenters. The SMILES string of the molecule is CC[NH+](CC)CCN(C(=O)c1ccccc1OC)c1nc2cc(OC)ccc2s1. The zero-order valence-corrected chi connectivity index (χ0v) is 18.2. The van der Waals surface area contributed by atoms with E-state index < -0.39 is 0 Å². The lowest BCUT2D eigenvalue weighted by molar-refractivity contribution is -0.894. The number of thiazole rings is 1. The highest BCUT2D eigenvalue weighted by atomic mass is 32.1. The van der Waals surface area contributed by atoms with Crippen LogP contribution in [-0.2, 0) is 0 Å². The van der Waals surface area contributed by atoms with E-state index in [-0.39, 0.29) is 5.91 Å². The van der Waals surface area contributed by atoms with E-state index in [4.69, 9.17) is 14.5 Å². The van der Waals surface area contributed by atoms with Crippen molar-refractivity contribution in [2.45, 2.75) is 13.8 Å². The summed E-state index contributed by atoms with van der Waals surface area (Å²) in [4.78, 5) is 21.5. The molecule has 1 amide bonds. The van der Waals surface area contributed by atoms with Gasteiger partial charge in [0.15, 0.2) is 5.13 Å². The summed E-state index contributed by atoms with van der Waals surface area (Å²) >= 11 is 1.52. The van der Waals surface area contributed by atoms with Gasteiger partial charge in [-0.3, -0.25) is 9.69 Å². The van der Waals surface area contributed by atoms with Crippen molar-refractivity contribution in [3.05, 3.63) is 48.0 Å². The molecule has 154 valence electrons. The van der Waals surface area contributed by atoms with E-state index in [2.05, 4.69) is 13.8 Å². The molecule has 0 radical (unpaired) electrons. The number of benzene rings is 2. The first-order valence-corrected chi connectivity index (χ1v) is 10.7. The molecule has 0 spiro atoms. The summed E-state index contributed by atoms with van der Waals surface area (Å²) in [6.45, 7) is 7.80. The molecule has 0 aliphatic heterocycles. The molecular weight excluding hydrogens is 386 g/mol. The number of nitrogens with one attached hydrogen (secondary N) is 1. The van der Waals surface area contributed by atoms with Gasteiger partial charge in [-0.2, -0.15) is 0 Å². The zero-order valence-electron chi connectivity index (χ0n) is 17.4. The Hall–Kier alpha value is -2.64. The van der Waals surface area contributed by atoms with Crippen LogP contribution >= 0.6 is 11.3 Å². The number of hydrogen-bond donors (Lipinski definition) is 1. The third-order valence-electron chi connectivity index (χ3n) is 5.09. The number of methoxy groups -OCH3 is 2. The Morgan fingerprint density at radius 3 is 2.55 bits per heavy atom. The maximum absolute atomic E-state index is 13.5. The Bertz CT molecular complexity index is 969. The number of ether oxygens (including phenoxy) is 2. The summed E-state index contributed by atoms with van der Waals surface area (Å²) in [6.07, 6.45) is 0. The second kappa shape index (κ2) is 9.71. The minimum atomic E-state index is -0.0972. The van der Waals surface area contributed by atoms with E-state index in [9.17, 15) is 4.79 Å². The van der Waals surface area contributed by atoms with Crippen LogP contribution in [-0.4, -0.2) is 51.3 Å². The van der Waals surface area contributed by atoms with Gasteiger partial charge in [-0.25, -0.2) is 4.98 Å². The number of fused-ring (bicyclic) bond motifs is 1. The fourth-order valence-electron chi connectivity index (χ4n) is 3.26. The fraction of sp³-hybridized carbons (Fsp3) is 0.364. The topological polar surface area (TPSA) is 56.1 Å². The maximum Gasteiger partial charge on any atom is 0.264 e. The number of rotatable bonds is 9. The molecule has 0 aliphatic carbocycles. The molecule has 0 unspecified atom stereocenters. The highest BCUT2D eigenvalue weighted by Crippen LogP contribution is 2.32. The predicted octanol–water partition coefficient (Wildman–Crippen LogP) is 2.89.